The van der Waals surface area contributed by atoms with Crippen LogP contribution in [0, 0.1) is 0 Å². The molecule has 0 saturated carbocycles. The molecule has 1 fully saturated rings. The second-order valence-corrected chi connectivity index (χ2v) is 9.07. The summed E-state index contributed by atoms with van der Waals surface area (Å²) in [7, 11) is 0. The highest BCUT2D eigenvalue weighted by atomic mass is 16.3. The van der Waals surface area contributed by atoms with Crippen LogP contribution in [0.4, 0.5) is 16.2 Å². The summed E-state index contributed by atoms with van der Waals surface area (Å²) in [6.07, 6.45) is 8.18. The molecule has 1 aliphatic heterocycles. The Bertz CT molecular complexity index is 1100. The van der Waals surface area contributed by atoms with Crippen LogP contribution < -0.4 is 10.2 Å². The van der Waals surface area contributed by atoms with E-state index in [9.17, 15) is 9.59 Å². The lowest BCUT2D eigenvalue weighted by molar-refractivity contribution is -0.117. The van der Waals surface area contributed by atoms with Crippen LogP contribution in [0.5, 0.6) is 0 Å². The zero-order valence-corrected chi connectivity index (χ0v) is 20.3. The largest absolute Gasteiger partial charge is 0.464 e. The minimum Gasteiger partial charge on any atom is -0.464 e. The van der Waals surface area contributed by atoms with E-state index in [4.69, 9.17) is 4.42 Å². The van der Waals surface area contributed by atoms with Gasteiger partial charge in [-0.15, -0.1) is 0 Å². The van der Waals surface area contributed by atoms with Crippen LogP contribution in [-0.2, 0) is 4.79 Å². The van der Waals surface area contributed by atoms with Gasteiger partial charge in [-0.2, -0.15) is 0 Å². The molecule has 2 heterocycles. The number of likely N-dealkylation sites (tertiary alicyclic amines) is 1. The smallest absolute Gasteiger partial charge is 0.333 e. The summed E-state index contributed by atoms with van der Waals surface area (Å²) in [5.41, 5.74) is 3.25. The molecule has 2 aromatic carbocycles. The van der Waals surface area contributed by atoms with Crippen molar-refractivity contribution in [2.24, 2.45) is 0 Å². The maximum Gasteiger partial charge on any atom is 0.333 e. The van der Waals surface area contributed by atoms with Crippen LogP contribution in [0.3, 0.4) is 0 Å². The van der Waals surface area contributed by atoms with E-state index in [1.807, 2.05) is 42.7 Å². The van der Waals surface area contributed by atoms with E-state index in [2.05, 4.69) is 17.1 Å². The lowest BCUT2D eigenvalue weighted by Gasteiger charge is -2.31. The average molecular weight is 462 g/mol. The first-order chi connectivity index (χ1) is 16.6. The molecule has 1 N–H and O–H groups in total. The monoisotopic (exact) mass is 461 g/mol. The fraction of sp³-hybridized carbons (Fsp3) is 0.429. The number of fused-ring (bicyclic) bond motifs is 1. The summed E-state index contributed by atoms with van der Waals surface area (Å²) in [6.45, 7) is 7.42. The number of nitrogens with one attached hydrogen (secondary N) is 1. The number of hydrogen-bond donors (Lipinski definition) is 1. The molecule has 0 atom stereocenters. The number of anilines is 2. The molecular formula is C28H35N3O3. The summed E-state index contributed by atoms with van der Waals surface area (Å²) in [5, 5.41) is 3.96. The number of carbonyl (C=O) groups is 2. The fourth-order valence-corrected chi connectivity index (χ4v) is 4.78. The second kappa shape index (κ2) is 11.3. The van der Waals surface area contributed by atoms with Crippen LogP contribution in [0.25, 0.3) is 11.0 Å². The average Bonchev–Trinajstić information content (AvgIpc) is 3.28. The molecule has 3 amide bonds. The Morgan fingerprint density at radius 2 is 1.82 bits per heavy atom. The summed E-state index contributed by atoms with van der Waals surface area (Å²) >= 11 is 0. The van der Waals surface area contributed by atoms with Crippen molar-refractivity contribution >= 4 is 34.3 Å². The summed E-state index contributed by atoms with van der Waals surface area (Å²) in [5.74, 6) is 0.205. The number of rotatable bonds is 8. The number of hydrogen-bond acceptors (Lipinski definition) is 4. The Kier molecular flexibility index (Phi) is 8.01. The van der Waals surface area contributed by atoms with Crippen molar-refractivity contribution in [1.29, 1.82) is 0 Å². The minimum absolute atomic E-state index is 0.240. The molecule has 1 aliphatic rings. The summed E-state index contributed by atoms with van der Waals surface area (Å²) < 4.78 is 5.85. The van der Waals surface area contributed by atoms with Crippen molar-refractivity contribution in [3.8, 4) is 0 Å². The van der Waals surface area contributed by atoms with Crippen molar-refractivity contribution in [2.75, 3.05) is 29.9 Å². The van der Waals surface area contributed by atoms with Crippen LogP contribution in [0.1, 0.15) is 63.9 Å². The van der Waals surface area contributed by atoms with Crippen LogP contribution in [-0.4, -0.2) is 36.5 Å². The molecule has 1 saturated heterocycles. The van der Waals surface area contributed by atoms with Crippen molar-refractivity contribution in [2.45, 2.75) is 58.3 Å². The number of imide groups is 1. The number of benzene rings is 2. The van der Waals surface area contributed by atoms with E-state index in [0.29, 0.717) is 17.3 Å². The fourth-order valence-electron chi connectivity index (χ4n) is 4.78. The Morgan fingerprint density at radius 3 is 2.53 bits per heavy atom. The number of para-hydroxylation sites is 1. The summed E-state index contributed by atoms with van der Waals surface area (Å²) in [4.78, 5) is 29.4. The van der Waals surface area contributed by atoms with E-state index in [0.717, 1.165) is 36.9 Å². The van der Waals surface area contributed by atoms with E-state index < -0.39 is 6.03 Å². The number of urea groups is 1. The number of carbonyl (C=O) groups excluding carboxylic acids is 2. The number of nitrogens with zero attached hydrogens (tertiary/aromatic N) is 2. The van der Waals surface area contributed by atoms with Crippen LogP contribution in [0.15, 0.2) is 59.2 Å². The molecule has 6 nitrogen and oxygen atoms in total. The van der Waals surface area contributed by atoms with Gasteiger partial charge in [-0.1, -0.05) is 44.9 Å². The lowest BCUT2D eigenvalue weighted by atomic mass is 9.89. The number of furan rings is 1. The first-order valence-corrected chi connectivity index (χ1v) is 12.5. The van der Waals surface area contributed by atoms with Crippen molar-refractivity contribution in [1.82, 2.24) is 4.90 Å². The second-order valence-electron chi connectivity index (χ2n) is 9.07. The van der Waals surface area contributed by atoms with Crippen LogP contribution >= 0.6 is 0 Å². The highest BCUT2D eigenvalue weighted by Gasteiger charge is 2.25. The molecule has 6 heteroatoms. The Hall–Kier alpha value is -3.12. The molecule has 34 heavy (non-hydrogen) atoms. The predicted molar refractivity (Wildman–Crippen MR) is 137 cm³/mol. The van der Waals surface area contributed by atoms with E-state index in [1.54, 1.807) is 19.1 Å². The third-order valence-electron chi connectivity index (χ3n) is 6.73. The van der Waals surface area contributed by atoms with Crippen molar-refractivity contribution in [3.63, 3.8) is 0 Å². The molecule has 0 aliphatic carbocycles. The van der Waals surface area contributed by atoms with Gasteiger partial charge in [-0.25, -0.2) is 9.69 Å². The maximum absolute atomic E-state index is 13.1. The van der Waals surface area contributed by atoms with Gasteiger partial charge in [0.15, 0.2) is 0 Å². The summed E-state index contributed by atoms with van der Waals surface area (Å²) in [6, 6.07) is 14.3. The van der Waals surface area contributed by atoms with Gasteiger partial charge in [0, 0.05) is 23.1 Å². The standard InChI is InChI=1S/C28H35N3O3/c1-3-5-9-16-30-17-14-21(15-18-30)25-20-34-26-13-12-22(19-24(25)26)29-28(33)31(27(32)4-2)23-10-7-6-8-11-23/h6-8,10-13,19-21H,3-5,9,14-18H2,1-2H3,(H,29,33). The number of piperidine rings is 1. The Balaban J connectivity index is 1.48. The highest BCUT2D eigenvalue weighted by molar-refractivity contribution is 6.18. The molecule has 0 spiro atoms. The number of amides is 3. The Labute approximate surface area is 201 Å². The first kappa shape index (κ1) is 24.0. The molecule has 0 radical (unpaired) electrons. The minimum atomic E-state index is -0.456. The van der Waals surface area contributed by atoms with Gasteiger partial charge in [0.1, 0.15) is 5.58 Å². The van der Waals surface area contributed by atoms with Gasteiger partial charge < -0.3 is 14.6 Å². The van der Waals surface area contributed by atoms with Gasteiger partial charge in [0.25, 0.3) is 0 Å². The normalized spacial score (nSPS) is 14.9. The Morgan fingerprint density at radius 1 is 1.06 bits per heavy atom. The van der Waals surface area contributed by atoms with Crippen molar-refractivity contribution < 1.29 is 14.0 Å². The third-order valence-corrected chi connectivity index (χ3v) is 6.73. The molecule has 180 valence electrons. The molecule has 0 unspecified atom stereocenters. The molecule has 3 aromatic rings. The van der Waals surface area contributed by atoms with Gasteiger partial charge >= 0.3 is 6.03 Å². The SMILES string of the molecule is CCCCCN1CCC(c2coc3ccc(NC(=O)N(C(=O)CC)c4ccccc4)cc23)CC1. The predicted octanol–water partition coefficient (Wildman–Crippen LogP) is 6.78. The van der Waals surface area contributed by atoms with Gasteiger partial charge in [0.05, 0.1) is 12.0 Å². The first-order valence-electron chi connectivity index (χ1n) is 12.5. The van der Waals surface area contributed by atoms with Crippen LogP contribution in [0.2, 0.25) is 0 Å². The highest BCUT2D eigenvalue weighted by Crippen LogP contribution is 2.35. The van der Waals surface area contributed by atoms with E-state index in [1.165, 1.54) is 36.3 Å². The lowest BCUT2D eigenvalue weighted by Crippen LogP contribution is -2.39. The van der Waals surface area contributed by atoms with Gasteiger partial charge in [-0.05, 0) is 75.1 Å². The van der Waals surface area contributed by atoms with Gasteiger partial charge in [0.2, 0.25) is 5.91 Å². The topological polar surface area (TPSA) is 65.8 Å². The molecule has 1 aromatic heterocycles. The zero-order chi connectivity index (χ0) is 23.9. The maximum atomic E-state index is 13.1. The molecular weight excluding hydrogens is 426 g/mol. The zero-order valence-electron chi connectivity index (χ0n) is 20.3. The van der Waals surface area contributed by atoms with Crippen molar-refractivity contribution in [3.05, 3.63) is 60.4 Å². The van der Waals surface area contributed by atoms with E-state index >= 15 is 0 Å². The van der Waals surface area contributed by atoms with E-state index in [-0.39, 0.29) is 12.3 Å². The molecule has 0 bridgehead atoms. The quantitative estimate of drug-likeness (QED) is 0.376. The number of unbranched alkanes of at least 4 members (excludes halogenated alkanes) is 2. The molecule has 4 rings (SSSR count). The van der Waals surface area contributed by atoms with Gasteiger partial charge in [-0.3, -0.25) is 4.79 Å². The third kappa shape index (κ3) is 5.50.